The molecule has 148 valence electrons. The Kier molecular flexibility index (Phi) is 8.29. The largest absolute Gasteiger partial charge is 0.295 e. The van der Waals surface area contributed by atoms with Gasteiger partial charge in [0.1, 0.15) is 0 Å². The van der Waals surface area contributed by atoms with Gasteiger partial charge in [-0.15, -0.1) is 0 Å². The highest BCUT2D eigenvalue weighted by molar-refractivity contribution is 5.99. The van der Waals surface area contributed by atoms with Gasteiger partial charge in [0.15, 0.2) is 11.6 Å². The van der Waals surface area contributed by atoms with Crippen molar-refractivity contribution in [2.24, 2.45) is 0 Å². The molecule has 0 saturated heterocycles. The van der Waals surface area contributed by atoms with Crippen molar-refractivity contribution in [3.05, 3.63) is 96.1 Å². The summed E-state index contributed by atoms with van der Waals surface area (Å²) in [7, 11) is 0. The van der Waals surface area contributed by atoms with Crippen LogP contribution in [0, 0.1) is 0 Å². The maximum atomic E-state index is 11.1. The van der Waals surface area contributed by atoms with Gasteiger partial charge in [0.25, 0.3) is 0 Å². The van der Waals surface area contributed by atoms with Crippen LogP contribution < -0.4 is 0 Å². The van der Waals surface area contributed by atoms with Crippen LogP contribution in [0.2, 0.25) is 0 Å². The van der Waals surface area contributed by atoms with Crippen LogP contribution in [0.4, 0.5) is 0 Å². The monoisotopic (exact) mass is 384 g/mol. The molecule has 0 spiro atoms. The lowest BCUT2D eigenvalue weighted by atomic mass is 10.1. The van der Waals surface area contributed by atoms with Crippen LogP contribution in [0.25, 0.3) is 21.5 Å². The minimum atomic E-state index is 0.116. The summed E-state index contributed by atoms with van der Waals surface area (Å²) in [6.45, 7) is 7.42. The summed E-state index contributed by atoms with van der Waals surface area (Å²) >= 11 is 0. The third-order valence-electron chi connectivity index (χ3n) is 4.31. The van der Waals surface area contributed by atoms with Gasteiger partial charge < -0.3 is 0 Å². The van der Waals surface area contributed by atoms with E-state index in [-0.39, 0.29) is 11.6 Å². The van der Waals surface area contributed by atoms with Gasteiger partial charge in [0, 0.05) is 11.1 Å². The Hall–Kier alpha value is -3.26. The number of carbonyl (C=O) groups is 2. The molecule has 0 saturated carbocycles. The third-order valence-corrected chi connectivity index (χ3v) is 4.31. The van der Waals surface area contributed by atoms with Gasteiger partial charge in [0.2, 0.25) is 0 Å². The fourth-order valence-corrected chi connectivity index (χ4v) is 2.82. The number of benzene rings is 4. The fourth-order valence-electron chi connectivity index (χ4n) is 2.82. The number of fused-ring (bicyclic) bond motifs is 2. The molecule has 0 aliphatic carbocycles. The molecule has 0 aliphatic rings. The van der Waals surface area contributed by atoms with Crippen LogP contribution >= 0.6 is 0 Å². The van der Waals surface area contributed by atoms with Crippen LogP contribution in [0.1, 0.15) is 54.8 Å². The first-order chi connectivity index (χ1) is 14.0. The first kappa shape index (κ1) is 22.0. The summed E-state index contributed by atoms with van der Waals surface area (Å²) in [6, 6.07) is 27.6. The zero-order valence-corrected chi connectivity index (χ0v) is 17.6. The highest BCUT2D eigenvalue weighted by atomic mass is 16.1. The molecular weight excluding hydrogens is 356 g/mol. The zero-order chi connectivity index (χ0) is 21.2. The van der Waals surface area contributed by atoms with Crippen molar-refractivity contribution in [2.75, 3.05) is 0 Å². The Morgan fingerprint density at radius 3 is 1.17 bits per heavy atom. The maximum absolute atomic E-state index is 11.1. The number of Topliss-reactive ketones (excluding diaryl/α,β-unsaturated/α-hetero) is 2. The van der Waals surface area contributed by atoms with Gasteiger partial charge in [-0.05, 0) is 47.5 Å². The van der Waals surface area contributed by atoms with Crippen molar-refractivity contribution in [2.45, 2.75) is 34.1 Å². The second kappa shape index (κ2) is 10.9. The molecule has 0 N–H and O–H groups in total. The summed E-state index contributed by atoms with van der Waals surface area (Å²) in [4.78, 5) is 22.2. The van der Waals surface area contributed by atoms with Gasteiger partial charge in [-0.25, -0.2) is 0 Å². The third kappa shape index (κ3) is 6.39. The highest BCUT2D eigenvalue weighted by Gasteiger charge is 2.00. The SMILES string of the molecule is CC(=O)c1ccc2ccccc2c1.CC(=O)c1ccc2ccccc2c1.CCC. The smallest absolute Gasteiger partial charge is 0.159 e. The van der Waals surface area contributed by atoms with Crippen LogP contribution in [-0.4, -0.2) is 11.6 Å². The van der Waals surface area contributed by atoms with Crippen LogP contribution in [0.3, 0.4) is 0 Å². The summed E-state index contributed by atoms with van der Waals surface area (Å²) in [5.74, 6) is 0.233. The molecule has 2 nitrogen and oxygen atoms in total. The molecule has 4 aromatic carbocycles. The molecule has 0 aromatic heterocycles. The summed E-state index contributed by atoms with van der Waals surface area (Å²) in [5, 5.41) is 4.59. The molecule has 2 heteroatoms. The molecule has 4 aromatic rings. The molecular formula is C27H28O2. The summed E-state index contributed by atoms with van der Waals surface area (Å²) in [5.41, 5.74) is 1.55. The molecule has 0 amide bonds. The van der Waals surface area contributed by atoms with E-state index in [1.165, 1.54) is 17.2 Å². The predicted octanol–water partition coefficient (Wildman–Crippen LogP) is 7.50. The topological polar surface area (TPSA) is 34.1 Å². The Labute approximate surface area is 173 Å². The van der Waals surface area contributed by atoms with E-state index in [0.717, 1.165) is 21.9 Å². The highest BCUT2D eigenvalue weighted by Crippen LogP contribution is 2.16. The lowest BCUT2D eigenvalue weighted by Crippen LogP contribution is -1.90. The summed E-state index contributed by atoms with van der Waals surface area (Å²) < 4.78 is 0. The minimum absolute atomic E-state index is 0.116. The van der Waals surface area contributed by atoms with Gasteiger partial charge in [-0.1, -0.05) is 93.1 Å². The Morgan fingerprint density at radius 2 is 0.862 bits per heavy atom. The molecule has 0 fully saturated rings. The van der Waals surface area contributed by atoms with Crippen molar-refractivity contribution in [1.29, 1.82) is 0 Å². The first-order valence-corrected chi connectivity index (χ1v) is 9.95. The molecule has 0 heterocycles. The minimum Gasteiger partial charge on any atom is -0.295 e. The Bertz CT molecular complexity index is 1020. The van der Waals surface area contributed by atoms with Crippen molar-refractivity contribution in [1.82, 2.24) is 0 Å². The average molecular weight is 385 g/mol. The van der Waals surface area contributed by atoms with E-state index in [9.17, 15) is 9.59 Å². The number of carbonyl (C=O) groups excluding carboxylic acids is 2. The predicted molar refractivity (Wildman–Crippen MR) is 124 cm³/mol. The van der Waals surface area contributed by atoms with E-state index in [1.807, 2.05) is 84.9 Å². The molecule has 0 bridgehead atoms. The van der Waals surface area contributed by atoms with Crippen molar-refractivity contribution < 1.29 is 9.59 Å². The zero-order valence-electron chi connectivity index (χ0n) is 17.6. The van der Waals surface area contributed by atoms with Crippen LogP contribution in [-0.2, 0) is 0 Å². The van der Waals surface area contributed by atoms with Crippen molar-refractivity contribution >= 4 is 33.1 Å². The van der Waals surface area contributed by atoms with Gasteiger partial charge in [0.05, 0.1) is 0 Å². The van der Waals surface area contributed by atoms with E-state index >= 15 is 0 Å². The Balaban J connectivity index is 0.000000183. The Morgan fingerprint density at radius 1 is 0.552 bits per heavy atom. The molecule has 0 aliphatic heterocycles. The van der Waals surface area contributed by atoms with E-state index < -0.39 is 0 Å². The number of rotatable bonds is 2. The number of hydrogen-bond acceptors (Lipinski definition) is 2. The van der Waals surface area contributed by atoms with E-state index in [0.29, 0.717) is 0 Å². The average Bonchev–Trinajstić information content (AvgIpc) is 2.74. The maximum Gasteiger partial charge on any atom is 0.159 e. The lowest BCUT2D eigenvalue weighted by molar-refractivity contribution is 0.100. The van der Waals surface area contributed by atoms with Gasteiger partial charge in [-0.3, -0.25) is 9.59 Å². The van der Waals surface area contributed by atoms with Crippen molar-refractivity contribution in [3.63, 3.8) is 0 Å². The van der Waals surface area contributed by atoms with E-state index in [1.54, 1.807) is 13.8 Å². The fraction of sp³-hybridized carbons (Fsp3) is 0.185. The quantitative estimate of drug-likeness (QED) is 0.335. The lowest BCUT2D eigenvalue weighted by Gasteiger charge is -1.99. The summed E-state index contributed by atoms with van der Waals surface area (Å²) in [6.07, 6.45) is 1.25. The number of ketones is 2. The van der Waals surface area contributed by atoms with Crippen LogP contribution in [0.15, 0.2) is 84.9 Å². The molecule has 4 rings (SSSR count). The van der Waals surface area contributed by atoms with Crippen molar-refractivity contribution in [3.8, 4) is 0 Å². The van der Waals surface area contributed by atoms with Gasteiger partial charge in [-0.2, -0.15) is 0 Å². The second-order valence-corrected chi connectivity index (χ2v) is 6.94. The van der Waals surface area contributed by atoms with E-state index in [2.05, 4.69) is 13.8 Å². The second-order valence-electron chi connectivity index (χ2n) is 6.94. The molecule has 0 unspecified atom stereocenters. The van der Waals surface area contributed by atoms with Crippen LogP contribution in [0.5, 0.6) is 0 Å². The normalized spacial score (nSPS) is 9.79. The first-order valence-electron chi connectivity index (χ1n) is 9.95. The molecule has 0 atom stereocenters. The molecule has 0 radical (unpaired) electrons. The number of hydrogen-bond donors (Lipinski definition) is 0. The van der Waals surface area contributed by atoms with Gasteiger partial charge >= 0.3 is 0 Å². The standard InChI is InChI=1S/2C12H10O.C3H8/c2*1-9(13)11-7-6-10-4-2-3-5-12(10)8-11;1-3-2/h2*2-8H,1H3;3H2,1-2H3. The molecule has 29 heavy (non-hydrogen) atoms. The van der Waals surface area contributed by atoms with E-state index in [4.69, 9.17) is 0 Å².